The highest BCUT2D eigenvalue weighted by molar-refractivity contribution is 5.16. The van der Waals surface area contributed by atoms with Gasteiger partial charge in [-0.05, 0) is 18.9 Å². The van der Waals surface area contributed by atoms with Crippen LogP contribution >= 0.6 is 0 Å². The van der Waals surface area contributed by atoms with Gasteiger partial charge in [0.05, 0.1) is 6.61 Å². The van der Waals surface area contributed by atoms with Crippen LogP contribution in [0.15, 0.2) is 18.3 Å². The second-order valence-corrected chi connectivity index (χ2v) is 2.88. The zero-order valence-corrected chi connectivity index (χ0v) is 7.71. The number of aromatic nitrogens is 1. The van der Waals surface area contributed by atoms with Crippen molar-refractivity contribution in [3.8, 4) is 5.88 Å². The normalized spacial score (nSPS) is 9.83. The Hall–Kier alpha value is -1.05. The second kappa shape index (κ2) is 4.75. The van der Waals surface area contributed by atoms with E-state index < -0.39 is 0 Å². The highest BCUT2D eigenvalue weighted by Gasteiger charge is 1.92. The van der Waals surface area contributed by atoms with Gasteiger partial charge in [-0.2, -0.15) is 0 Å². The highest BCUT2D eigenvalue weighted by atomic mass is 16.5. The van der Waals surface area contributed by atoms with Crippen molar-refractivity contribution in [1.29, 1.82) is 0 Å². The quantitative estimate of drug-likeness (QED) is 0.640. The lowest BCUT2D eigenvalue weighted by atomic mass is 10.3. The number of aryl methyl sites for hydroxylation is 1. The Bertz CT molecular complexity index is 218. The summed E-state index contributed by atoms with van der Waals surface area (Å²) in [5.74, 6) is 0.731. The maximum absolute atomic E-state index is 5.39. The van der Waals surface area contributed by atoms with Gasteiger partial charge < -0.3 is 4.74 Å². The lowest BCUT2D eigenvalue weighted by Crippen LogP contribution is -1.97. The minimum absolute atomic E-state index is 0.731. The van der Waals surface area contributed by atoms with Gasteiger partial charge in [-0.3, -0.25) is 0 Å². The van der Waals surface area contributed by atoms with E-state index in [0.29, 0.717) is 0 Å². The molecule has 12 heavy (non-hydrogen) atoms. The molecule has 0 fully saturated rings. The third kappa shape index (κ3) is 2.91. The first-order valence-corrected chi connectivity index (χ1v) is 4.38. The van der Waals surface area contributed by atoms with Crippen LogP contribution in [0.1, 0.15) is 25.3 Å². The van der Waals surface area contributed by atoms with Crippen LogP contribution in [0.3, 0.4) is 0 Å². The molecule has 0 saturated carbocycles. The van der Waals surface area contributed by atoms with Gasteiger partial charge in [-0.15, -0.1) is 0 Å². The summed E-state index contributed by atoms with van der Waals surface area (Å²) in [6.45, 7) is 4.93. The van der Waals surface area contributed by atoms with Crippen LogP contribution in [0.4, 0.5) is 0 Å². The number of ether oxygens (including phenoxy) is 1. The standard InChI is InChI=1S/C10H15NO/c1-3-4-7-12-10-6-5-9(2)8-11-10/h5-6,8H,3-4,7H2,1-2H3. The Morgan fingerprint density at radius 3 is 2.83 bits per heavy atom. The predicted molar refractivity (Wildman–Crippen MR) is 49.4 cm³/mol. The Morgan fingerprint density at radius 1 is 1.42 bits per heavy atom. The first-order valence-electron chi connectivity index (χ1n) is 4.38. The molecule has 0 N–H and O–H groups in total. The molecule has 2 heteroatoms. The Labute approximate surface area is 73.6 Å². The van der Waals surface area contributed by atoms with E-state index >= 15 is 0 Å². The fraction of sp³-hybridized carbons (Fsp3) is 0.500. The summed E-state index contributed by atoms with van der Waals surface area (Å²) in [5, 5.41) is 0. The number of hydrogen-bond acceptors (Lipinski definition) is 2. The van der Waals surface area contributed by atoms with Gasteiger partial charge in [0.15, 0.2) is 0 Å². The topological polar surface area (TPSA) is 22.1 Å². The van der Waals surface area contributed by atoms with Crippen LogP contribution in [0, 0.1) is 6.92 Å². The minimum atomic E-state index is 0.731. The SMILES string of the molecule is CCCCOc1ccc(C)cn1. The molecule has 0 radical (unpaired) electrons. The Kier molecular flexibility index (Phi) is 3.58. The first-order chi connectivity index (χ1) is 5.83. The van der Waals surface area contributed by atoms with E-state index in [9.17, 15) is 0 Å². The van der Waals surface area contributed by atoms with Crippen molar-refractivity contribution >= 4 is 0 Å². The van der Waals surface area contributed by atoms with Crippen LogP contribution in [-0.4, -0.2) is 11.6 Å². The number of pyridine rings is 1. The van der Waals surface area contributed by atoms with Crippen LogP contribution in [0.5, 0.6) is 5.88 Å². The molecule has 1 heterocycles. The average molecular weight is 165 g/mol. The zero-order valence-electron chi connectivity index (χ0n) is 7.71. The monoisotopic (exact) mass is 165 g/mol. The van der Waals surface area contributed by atoms with Crippen molar-refractivity contribution in [1.82, 2.24) is 4.98 Å². The number of unbranched alkanes of at least 4 members (excludes halogenated alkanes) is 1. The van der Waals surface area contributed by atoms with Crippen molar-refractivity contribution in [3.05, 3.63) is 23.9 Å². The summed E-state index contributed by atoms with van der Waals surface area (Å²) in [4.78, 5) is 4.13. The molecule has 0 bridgehead atoms. The molecule has 0 aliphatic rings. The molecule has 0 aliphatic carbocycles. The van der Waals surface area contributed by atoms with Gasteiger partial charge in [-0.1, -0.05) is 19.4 Å². The summed E-state index contributed by atoms with van der Waals surface area (Å²) in [6.07, 6.45) is 4.07. The molecular weight excluding hydrogens is 150 g/mol. The van der Waals surface area contributed by atoms with Gasteiger partial charge in [0, 0.05) is 12.3 Å². The van der Waals surface area contributed by atoms with Gasteiger partial charge >= 0.3 is 0 Å². The molecule has 0 aromatic carbocycles. The summed E-state index contributed by atoms with van der Waals surface area (Å²) in [7, 11) is 0. The van der Waals surface area contributed by atoms with E-state index in [1.165, 1.54) is 0 Å². The van der Waals surface area contributed by atoms with Crippen LogP contribution in [-0.2, 0) is 0 Å². The van der Waals surface area contributed by atoms with E-state index in [4.69, 9.17) is 4.74 Å². The molecule has 0 spiro atoms. The van der Waals surface area contributed by atoms with E-state index in [2.05, 4.69) is 11.9 Å². The van der Waals surface area contributed by atoms with E-state index in [1.807, 2.05) is 25.3 Å². The molecule has 2 nitrogen and oxygen atoms in total. The molecular formula is C10H15NO. The summed E-state index contributed by atoms with van der Waals surface area (Å²) >= 11 is 0. The van der Waals surface area contributed by atoms with Crippen molar-refractivity contribution < 1.29 is 4.74 Å². The third-order valence-electron chi connectivity index (χ3n) is 1.63. The van der Waals surface area contributed by atoms with Gasteiger partial charge in [0.2, 0.25) is 5.88 Å². The second-order valence-electron chi connectivity index (χ2n) is 2.88. The average Bonchev–Trinajstić information content (AvgIpc) is 2.09. The number of nitrogens with zero attached hydrogens (tertiary/aromatic N) is 1. The molecule has 0 atom stereocenters. The number of hydrogen-bond donors (Lipinski definition) is 0. The lowest BCUT2D eigenvalue weighted by molar-refractivity contribution is 0.297. The van der Waals surface area contributed by atoms with E-state index in [-0.39, 0.29) is 0 Å². The van der Waals surface area contributed by atoms with Gasteiger partial charge in [0.1, 0.15) is 0 Å². The van der Waals surface area contributed by atoms with Crippen LogP contribution in [0.2, 0.25) is 0 Å². The molecule has 66 valence electrons. The Morgan fingerprint density at radius 2 is 2.25 bits per heavy atom. The lowest BCUT2D eigenvalue weighted by Gasteiger charge is -2.03. The molecule has 1 rings (SSSR count). The van der Waals surface area contributed by atoms with Crippen molar-refractivity contribution in [2.45, 2.75) is 26.7 Å². The molecule has 0 saturated heterocycles. The first kappa shape index (κ1) is 9.04. The summed E-state index contributed by atoms with van der Waals surface area (Å²) in [5.41, 5.74) is 1.16. The maximum Gasteiger partial charge on any atom is 0.213 e. The fourth-order valence-electron chi connectivity index (χ4n) is 0.861. The van der Waals surface area contributed by atoms with Crippen molar-refractivity contribution in [2.75, 3.05) is 6.61 Å². The smallest absolute Gasteiger partial charge is 0.213 e. The Balaban J connectivity index is 2.37. The molecule has 0 aliphatic heterocycles. The predicted octanol–water partition coefficient (Wildman–Crippen LogP) is 2.57. The van der Waals surface area contributed by atoms with Crippen LogP contribution in [0.25, 0.3) is 0 Å². The van der Waals surface area contributed by atoms with E-state index in [0.717, 1.165) is 30.9 Å². The van der Waals surface area contributed by atoms with Crippen molar-refractivity contribution in [3.63, 3.8) is 0 Å². The number of rotatable bonds is 4. The largest absolute Gasteiger partial charge is 0.478 e. The fourth-order valence-corrected chi connectivity index (χ4v) is 0.861. The molecule has 1 aromatic heterocycles. The van der Waals surface area contributed by atoms with Crippen molar-refractivity contribution in [2.24, 2.45) is 0 Å². The highest BCUT2D eigenvalue weighted by Crippen LogP contribution is 2.06. The molecule has 0 unspecified atom stereocenters. The third-order valence-corrected chi connectivity index (χ3v) is 1.63. The van der Waals surface area contributed by atoms with Gasteiger partial charge in [0.25, 0.3) is 0 Å². The summed E-state index contributed by atoms with van der Waals surface area (Å²) < 4.78 is 5.39. The molecule has 1 aromatic rings. The molecule has 0 amide bonds. The zero-order chi connectivity index (χ0) is 8.81. The minimum Gasteiger partial charge on any atom is -0.478 e. The van der Waals surface area contributed by atoms with Gasteiger partial charge in [-0.25, -0.2) is 4.98 Å². The summed E-state index contributed by atoms with van der Waals surface area (Å²) in [6, 6.07) is 3.92. The maximum atomic E-state index is 5.39. The van der Waals surface area contributed by atoms with E-state index in [1.54, 1.807) is 0 Å². The van der Waals surface area contributed by atoms with Crippen LogP contribution < -0.4 is 4.74 Å².